The molecule has 0 N–H and O–H groups in total. The molecular weight excluding hydrogens is 487 g/mol. The number of halogens is 5. The number of anilines is 1. The molecule has 2 unspecified atom stereocenters. The molecule has 3 aromatic rings. The molecule has 0 spiro atoms. The van der Waals surface area contributed by atoms with Crippen molar-refractivity contribution in [1.82, 2.24) is 14.5 Å². The highest BCUT2D eigenvalue weighted by Gasteiger charge is 2.51. The summed E-state index contributed by atoms with van der Waals surface area (Å²) in [5, 5.41) is 0. The SMILES string of the molecule is O=c1nc(OCc2cc(F)c(Oc3ccnc(C(F)(F)F)c3)c(F)c2)cc2n1C[C@H]1CCC3CC3N21. The first kappa shape index (κ1) is 22.7. The second kappa shape index (κ2) is 8.17. The summed E-state index contributed by atoms with van der Waals surface area (Å²) in [5.41, 5.74) is -1.61. The molecule has 1 aromatic carbocycles. The molecular formula is C24H19F5N4O3. The van der Waals surface area contributed by atoms with E-state index in [1.54, 1.807) is 10.6 Å². The summed E-state index contributed by atoms with van der Waals surface area (Å²) in [4.78, 5) is 21.9. The van der Waals surface area contributed by atoms with Crippen molar-refractivity contribution in [2.45, 2.75) is 50.7 Å². The number of fused-ring (bicyclic) bond motifs is 5. The molecule has 0 radical (unpaired) electrons. The van der Waals surface area contributed by atoms with Crippen LogP contribution in [0.2, 0.25) is 0 Å². The van der Waals surface area contributed by atoms with Crippen molar-refractivity contribution < 1.29 is 31.4 Å². The highest BCUT2D eigenvalue weighted by atomic mass is 19.4. The molecule has 1 saturated heterocycles. The summed E-state index contributed by atoms with van der Waals surface area (Å²) in [7, 11) is 0. The molecule has 0 bridgehead atoms. The summed E-state index contributed by atoms with van der Waals surface area (Å²) in [6, 6.07) is 5.86. The van der Waals surface area contributed by atoms with Gasteiger partial charge in [0.2, 0.25) is 5.88 Å². The molecule has 6 rings (SSSR count). The number of rotatable bonds is 5. The number of nitrogens with zero attached hydrogens (tertiary/aromatic N) is 4. The van der Waals surface area contributed by atoms with Crippen LogP contribution in [0.5, 0.6) is 17.4 Å². The van der Waals surface area contributed by atoms with E-state index < -0.39 is 40.7 Å². The molecule has 12 heteroatoms. The molecule has 36 heavy (non-hydrogen) atoms. The monoisotopic (exact) mass is 506 g/mol. The van der Waals surface area contributed by atoms with Gasteiger partial charge in [0.1, 0.15) is 23.9 Å². The van der Waals surface area contributed by atoms with Crippen LogP contribution in [0.1, 0.15) is 30.5 Å². The van der Waals surface area contributed by atoms with E-state index >= 15 is 0 Å². The van der Waals surface area contributed by atoms with E-state index in [0.717, 1.165) is 49.5 Å². The zero-order valence-corrected chi connectivity index (χ0v) is 18.6. The average Bonchev–Trinajstić information content (AvgIpc) is 3.52. The van der Waals surface area contributed by atoms with Crippen LogP contribution < -0.4 is 20.1 Å². The van der Waals surface area contributed by atoms with Crippen molar-refractivity contribution in [3.05, 3.63) is 69.9 Å². The van der Waals surface area contributed by atoms with E-state index in [9.17, 15) is 26.7 Å². The number of pyridine rings is 1. The maximum absolute atomic E-state index is 14.6. The van der Waals surface area contributed by atoms with Gasteiger partial charge in [-0.05, 0) is 48.9 Å². The minimum atomic E-state index is -4.74. The van der Waals surface area contributed by atoms with Crippen molar-refractivity contribution in [2.75, 3.05) is 4.90 Å². The van der Waals surface area contributed by atoms with Crippen LogP contribution in [0.15, 0.2) is 41.3 Å². The Bertz CT molecular complexity index is 1390. The maximum atomic E-state index is 14.6. The van der Waals surface area contributed by atoms with Crippen molar-refractivity contribution in [2.24, 2.45) is 5.92 Å². The normalized spacial score (nSPS) is 22.0. The highest BCUT2D eigenvalue weighted by Crippen LogP contribution is 2.49. The number of aromatic nitrogens is 3. The predicted octanol–water partition coefficient (Wildman–Crippen LogP) is 4.68. The van der Waals surface area contributed by atoms with Crippen LogP contribution >= 0.6 is 0 Å². The molecule has 2 aromatic heterocycles. The van der Waals surface area contributed by atoms with E-state index in [4.69, 9.17) is 9.47 Å². The number of ether oxygens (including phenoxy) is 2. The lowest BCUT2D eigenvalue weighted by Crippen LogP contribution is -2.38. The fraction of sp³-hybridized carbons (Fsp3) is 0.375. The van der Waals surface area contributed by atoms with E-state index in [2.05, 4.69) is 14.9 Å². The quantitative estimate of drug-likeness (QED) is 0.469. The minimum Gasteiger partial charge on any atom is -0.473 e. The van der Waals surface area contributed by atoms with Gasteiger partial charge in [-0.2, -0.15) is 18.2 Å². The van der Waals surface area contributed by atoms with Crippen LogP contribution in [0.4, 0.5) is 27.8 Å². The molecule has 2 fully saturated rings. The number of alkyl halides is 3. The molecule has 188 valence electrons. The van der Waals surface area contributed by atoms with E-state index in [0.29, 0.717) is 24.6 Å². The van der Waals surface area contributed by atoms with Gasteiger partial charge in [0.25, 0.3) is 0 Å². The third-order valence-corrected chi connectivity index (χ3v) is 6.82. The molecule has 4 heterocycles. The Hall–Kier alpha value is -3.70. The fourth-order valence-corrected chi connectivity index (χ4v) is 5.08. The van der Waals surface area contributed by atoms with Gasteiger partial charge in [0.05, 0.1) is 0 Å². The first-order valence-corrected chi connectivity index (χ1v) is 11.4. The molecule has 7 nitrogen and oxygen atoms in total. The second-order valence-electron chi connectivity index (χ2n) is 9.20. The second-order valence-corrected chi connectivity index (χ2v) is 9.20. The highest BCUT2D eigenvalue weighted by molar-refractivity contribution is 5.51. The summed E-state index contributed by atoms with van der Waals surface area (Å²) >= 11 is 0. The van der Waals surface area contributed by atoms with E-state index in [1.807, 2.05) is 0 Å². The number of benzene rings is 1. The van der Waals surface area contributed by atoms with Gasteiger partial charge in [-0.1, -0.05) is 0 Å². The van der Waals surface area contributed by atoms with Crippen LogP contribution in [0.3, 0.4) is 0 Å². The number of piperidine rings is 1. The standard InChI is InChI=1S/C24H19F5N4O3/c25-16-5-12(6-17(26)22(16)36-15-3-4-30-19(8-15)24(27,28)29)11-35-20-9-21-32(23(34)31-20)10-14-2-1-13-7-18(13)33(14)21/h3-6,8-9,13-14,18H,1-2,7,10-11H2/t13?,14-,18?/m1/s1. The van der Waals surface area contributed by atoms with Gasteiger partial charge < -0.3 is 14.4 Å². The topological polar surface area (TPSA) is 69.5 Å². The minimum absolute atomic E-state index is 0.0484. The molecule has 1 aliphatic carbocycles. The predicted molar refractivity (Wildman–Crippen MR) is 116 cm³/mol. The summed E-state index contributed by atoms with van der Waals surface area (Å²) in [5.74, 6) is -2.09. The third kappa shape index (κ3) is 4.03. The first-order valence-electron chi connectivity index (χ1n) is 11.4. The molecule has 2 aliphatic heterocycles. The lowest BCUT2D eigenvalue weighted by atomic mass is 10.0. The Kier molecular flexibility index (Phi) is 5.16. The lowest BCUT2D eigenvalue weighted by Gasteiger charge is -2.30. The molecule has 3 atom stereocenters. The van der Waals surface area contributed by atoms with Gasteiger partial charge >= 0.3 is 11.9 Å². The summed E-state index contributed by atoms with van der Waals surface area (Å²) in [6.07, 6.45) is -0.624. The lowest BCUT2D eigenvalue weighted by molar-refractivity contribution is -0.141. The van der Waals surface area contributed by atoms with Gasteiger partial charge in [-0.25, -0.2) is 13.6 Å². The van der Waals surface area contributed by atoms with E-state index in [1.165, 1.54) is 0 Å². The Balaban J connectivity index is 1.19. The maximum Gasteiger partial charge on any atom is 0.433 e. The van der Waals surface area contributed by atoms with Crippen LogP contribution in [0, 0.1) is 17.6 Å². The van der Waals surface area contributed by atoms with Crippen molar-refractivity contribution in [1.29, 1.82) is 0 Å². The van der Waals surface area contributed by atoms with Gasteiger partial charge in [0.15, 0.2) is 17.4 Å². The Labute approximate surface area is 201 Å². The van der Waals surface area contributed by atoms with Crippen molar-refractivity contribution >= 4 is 5.82 Å². The van der Waals surface area contributed by atoms with Crippen LogP contribution in [-0.4, -0.2) is 26.6 Å². The average molecular weight is 506 g/mol. The van der Waals surface area contributed by atoms with E-state index in [-0.39, 0.29) is 24.1 Å². The number of hydrogen-bond acceptors (Lipinski definition) is 6. The third-order valence-electron chi connectivity index (χ3n) is 6.82. The summed E-state index contributed by atoms with van der Waals surface area (Å²) in [6.45, 7) is 0.303. The Morgan fingerprint density at radius 2 is 1.86 bits per heavy atom. The molecule has 0 amide bonds. The smallest absolute Gasteiger partial charge is 0.433 e. The Morgan fingerprint density at radius 3 is 2.61 bits per heavy atom. The van der Waals surface area contributed by atoms with Crippen LogP contribution in [-0.2, 0) is 19.3 Å². The van der Waals surface area contributed by atoms with Crippen LogP contribution in [0.25, 0.3) is 0 Å². The zero-order valence-electron chi connectivity index (χ0n) is 18.6. The summed E-state index contributed by atoms with van der Waals surface area (Å²) < 4.78 is 80.0. The van der Waals surface area contributed by atoms with Crippen molar-refractivity contribution in [3.8, 4) is 17.4 Å². The number of hydrogen-bond donors (Lipinski definition) is 0. The van der Waals surface area contributed by atoms with Crippen molar-refractivity contribution in [3.63, 3.8) is 0 Å². The fourth-order valence-electron chi connectivity index (χ4n) is 5.08. The van der Waals surface area contributed by atoms with Gasteiger partial charge in [-0.3, -0.25) is 9.55 Å². The molecule has 1 saturated carbocycles. The molecule has 3 aliphatic rings. The van der Waals surface area contributed by atoms with Gasteiger partial charge in [0, 0.05) is 37.0 Å². The zero-order chi connectivity index (χ0) is 25.2. The Morgan fingerprint density at radius 1 is 1.08 bits per heavy atom. The first-order chi connectivity index (χ1) is 17.2. The van der Waals surface area contributed by atoms with Gasteiger partial charge in [-0.15, -0.1) is 0 Å². The largest absolute Gasteiger partial charge is 0.473 e.